The molecule has 0 fully saturated rings. The first-order valence-electron chi connectivity index (χ1n) is 4.45. The first kappa shape index (κ1) is 12.1. The number of carboxylic acid groups (broad SMARTS) is 1. The lowest BCUT2D eigenvalue weighted by Crippen LogP contribution is -2.07. The number of aromatic carboxylic acids is 1. The Morgan fingerprint density at radius 2 is 2.28 bits per heavy atom. The van der Waals surface area contributed by atoms with E-state index in [2.05, 4.69) is 31.0 Å². The summed E-state index contributed by atoms with van der Waals surface area (Å²) >= 11 is 2.98. The van der Waals surface area contributed by atoms with Crippen LogP contribution in [0, 0.1) is 10.1 Å². The minimum absolute atomic E-state index is 0.0305. The van der Waals surface area contributed by atoms with Crippen molar-refractivity contribution in [3.63, 3.8) is 0 Å². The molecule has 2 aromatic heterocycles. The van der Waals surface area contributed by atoms with Crippen LogP contribution in [-0.2, 0) is 0 Å². The van der Waals surface area contributed by atoms with Crippen molar-refractivity contribution >= 4 is 27.8 Å². The van der Waals surface area contributed by atoms with Crippen LogP contribution in [0.25, 0.3) is 5.69 Å². The predicted octanol–water partition coefficient (Wildman–Crippen LogP) is 1.03. The van der Waals surface area contributed by atoms with E-state index >= 15 is 0 Å². The standard InChI is InChI=1S/C8H4BrN5O4/c9-7-11-8(14(17)18)12-13(7)5-1-2-10-3-4(5)6(15)16/h1-3H,(H,15,16). The van der Waals surface area contributed by atoms with E-state index in [4.69, 9.17) is 5.11 Å². The lowest BCUT2D eigenvalue weighted by Gasteiger charge is -2.01. The van der Waals surface area contributed by atoms with Crippen molar-refractivity contribution in [1.82, 2.24) is 19.7 Å². The van der Waals surface area contributed by atoms with E-state index in [0.717, 1.165) is 10.9 Å². The molecule has 92 valence electrons. The van der Waals surface area contributed by atoms with Gasteiger partial charge in [-0.2, -0.15) is 0 Å². The van der Waals surface area contributed by atoms with Gasteiger partial charge in [-0.1, -0.05) is 0 Å². The topological polar surface area (TPSA) is 124 Å². The molecule has 9 nitrogen and oxygen atoms in total. The van der Waals surface area contributed by atoms with Crippen molar-refractivity contribution in [2.24, 2.45) is 0 Å². The minimum atomic E-state index is -1.22. The summed E-state index contributed by atoms with van der Waals surface area (Å²) in [4.78, 5) is 28.0. The molecule has 10 heteroatoms. The molecule has 0 aliphatic rings. The van der Waals surface area contributed by atoms with Crippen LogP contribution in [-0.4, -0.2) is 35.7 Å². The van der Waals surface area contributed by atoms with E-state index < -0.39 is 16.8 Å². The third-order valence-corrected chi connectivity index (χ3v) is 2.49. The number of aromatic nitrogens is 4. The Kier molecular flexibility index (Phi) is 3.02. The third kappa shape index (κ3) is 2.05. The number of nitro groups is 1. The summed E-state index contributed by atoms with van der Waals surface area (Å²) < 4.78 is 1.05. The highest BCUT2D eigenvalue weighted by molar-refractivity contribution is 9.10. The molecule has 0 spiro atoms. The molecule has 0 amide bonds. The SMILES string of the molecule is O=C(O)c1cnccc1-n1nc([N+](=O)[O-])nc1Br. The molecule has 0 atom stereocenters. The monoisotopic (exact) mass is 313 g/mol. The summed E-state index contributed by atoms with van der Waals surface area (Å²) in [5, 5.41) is 23.1. The molecule has 0 radical (unpaired) electrons. The van der Waals surface area contributed by atoms with Gasteiger partial charge in [-0.25, -0.2) is 4.79 Å². The second kappa shape index (κ2) is 4.49. The van der Waals surface area contributed by atoms with Crippen molar-refractivity contribution in [2.75, 3.05) is 0 Å². The van der Waals surface area contributed by atoms with E-state index in [1.54, 1.807) is 0 Å². The van der Waals surface area contributed by atoms with Crippen molar-refractivity contribution in [3.8, 4) is 5.69 Å². The van der Waals surface area contributed by atoms with Crippen LogP contribution in [0.4, 0.5) is 5.95 Å². The Labute approximate surface area is 107 Å². The van der Waals surface area contributed by atoms with Crippen molar-refractivity contribution in [2.45, 2.75) is 0 Å². The Bertz CT molecular complexity index is 640. The average molecular weight is 314 g/mol. The summed E-state index contributed by atoms with van der Waals surface area (Å²) in [6.07, 6.45) is 2.47. The summed E-state index contributed by atoms with van der Waals surface area (Å²) in [6.45, 7) is 0. The minimum Gasteiger partial charge on any atom is -0.478 e. The molecule has 0 saturated carbocycles. The summed E-state index contributed by atoms with van der Waals surface area (Å²) in [6, 6.07) is 1.37. The molecule has 18 heavy (non-hydrogen) atoms. The van der Waals surface area contributed by atoms with Gasteiger partial charge in [0.25, 0.3) is 4.73 Å². The molecule has 0 aliphatic carbocycles. The Morgan fingerprint density at radius 3 is 2.83 bits per heavy atom. The number of carbonyl (C=O) groups is 1. The summed E-state index contributed by atoms with van der Waals surface area (Å²) in [5.41, 5.74) is -0.0111. The van der Waals surface area contributed by atoms with Crippen LogP contribution in [0.5, 0.6) is 0 Å². The van der Waals surface area contributed by atoms with Crippen LogP contribution in [0.1, 0.15) is 10.4 Å². The molecule has 1 N–H and O–H groups in total. The first-order chi connectivity index (χ1) is 8.50. The Morgan fingerprint density at radius 1 is 1.56 bits per heavy atom. The van der Waals surface area contributed by atoms with Crippen LogP contribution in [0.2, 0.25) is 0 Å². The number of halogens is 1. The van der Waals surface area contributed by atoms with E-state index in [0.29, 0.717) is 0 Å². The van der Waals surface area contributed by atoms with E-state index in [9.17, 15) is 14.9 Å². The number of nitrogens with zero attached hydrogens (tertiary/aromatic N) is 5. The van der Waals surface area contributed by atoms with Crippen LogP contribution < -0.4 is 0 Å². The maximum Gasteiger partial charge on any atom is 0.492 e. The van der Waals surface area contributed by atoms with Crippen molar-refractivity contribution in [1.29, 1.82) is 0 Å². The lowest BCUT2D eigenvalue weighted by molar-refractivity contribution is -0.394. The maximum atomic E-state index is 11.0. The number of pyridine rings is 1. The Balaban J connectivity index is 2.62. The normalized spacial score (nSPS) is 10.3. The molecular formula is C8H4BrN5O4. The zero-order valence-corrected chi connectivity index (χ0v) is 10.1. The quantitative estimate of drug-likeness (QED) is 0.662. The molecule has 0 bridgehead atoms. The zero-order chi connectivity index (χ0) is 13.3. The largest absolute Gasteiger partial charge is 0.492 e. The number of carboxylic acids is 1. The number of rotatable bonds is 3. The van der Waals surface area contributed by atoms with Crippen LogP contribution in [0.15, 0.2) is 23.2 Å². The van der Waals surface area contributed by atoms with Gasteiger partial charge in [0, 0.05) is 33.4 Å². The van der Waals surface area contributed by atoms with Gasteiger partial charge in [0.2, 0.25) is 0 Å². The van der Waals surface area contributed by atoms with Gasteiger partial charge < -0.3 is 15.2 Å². The highest BCUT2D eigenvalue weighted by Gasteiger charge is 2.24. The molecule has 0 aromatic carbocycles. The molecule has 0 unspecified atom stereocenters. The molecule has 2 heterocycles. The molecule has 2 rings (SSSR count). The van der Waals surface area contributed by atoms with Crippen LogP contribution >= 0.6 is 15.9 Å². The summed E-state index contributed by atoms with van der Waals surface area (Å²) in [7, 11) is 0. The highest BCUT2D eigenvalue weighted by Crippen LogP contribution is 2.20. The van der Waals surface area contributed by atoms with Gasteiger partial charge in [-0.15, -0.1) is 4.68 Å². The zero-order valence-electron chi connectivity index (χ0n) is 8.52. The Hall–Kier alpha value is -2.36. The third-order valence-electron chi connectivity index (χ3n) is 1.98. The van der Waals surface area contributed by atoms with Gasteiger partial charge in [-0.3, -0.25) is 4.98 Å². The highest BCUT2D eigenvalue weighted by atomic mass is 79.9. The second-order valence-electron chi connectivity index (χ2n) is 3.05. The average Bonchev–Trinajstić information content (AvgIpc) is 2.71. The first-order valence-corrected chi connectivity index (χ1v) is 5.24. The molecule has 0 saturated heterocycles. The van der Waals surface area contributed by atoms with Gasteiger partial charge in [0.1, 0.15) is 11.3 Å². The van der Waals surface area contributed by atoms with Gasteiger partial charge in [0.15, 0.2) is 0 Å². The molecule has 2 aromatic rings. The maximum absolute atomic E-state index is 11.0. The van der Waals surface area contributed by atoms with Crippen molar-refractivity contribution < 1.29 is 14.8 Å². The molecular weight excluding hydrogens is 310 g/mol. The van der Waals surface area contributed by atoms with E-state index in [1.165, 1.54) is 12.3 Å². The lowest BCUT2D eigenvalue weighted by atomic mass is 10.2. The number of hydrogen-bond donors (Lipinski definition) is 1. The predicted molar refractivity (Wildman–Crippen MR) is 60.5 cm³/mol. The van der Waals surface area contributed by atoms with Crippen LogP contribution in [0.3, 0.4) is 0 Å². The fourth-order valence-corrected chi connectivity index (χ4v) is 1.68. The molecule has 0 aliphatic heterocycles. The fourth-order valence-electron chi connectivity index (χ4n) is 1.25. The fraction of sp³-hybridized carbons (Fsp3) is 0. The van der Waals surface area contributed by atoms with Gasteiger partial charge in [-0.05, 0) is 16.0 Å². The smallest absolute Gasteiger partial charge is 0.478 e. The second-order valence-corrected chi connectivity index (χ2v) is 3.76. The van der Waals surface area contributed by atoms with Gasteiger partial charge in [0.05, 0.1) is 0 Å². The summed E-state index contributed by atoms with van der Waals surface area (Å²) in [5.74, 6) is -1.85. The van der Waals surface area contributed by atoms with E-state index in [1.807, 2.05) is 0 Å². The number of hydrogen-bond acceptors (Lipinski definition) is 6. The van der Waals surface area contributed by atoms with E-state index in [-0.39, 0.29) is 16.0 Å². The van der Waals surface area contributed by atoms with Crippen molar-refractivity contribution in [3.05, 3.63) is 38.9 Å². The van der Waals surface area contributed by atoms with Gasteiger partial charge >= 0.3 is 11.9 Å².